The molecule has 29 heavy (non-hydrogen) atoms. The Morgan fingerprint density at radius 3 is 2.07 bits per heavy atom. The quantitative estimate of drug-likeness (QED) is 0.319. The molecule has 0 spiro atoms. The molecule has 0 saturated carbocycles. The van der Waals surface area contributed by atoms with Gasteiger partial charge in [0.25, 0.3) is 0 Å². The molecule has 0 amide bonds. The number of carbonyl (C=O) groups excluding carboxylic acids is 1. The summed E-state index contributed by atoms with van der Waals surface area (Å²) in [6.45, 7) is 4.71. The van der Waals surface area contributed by atoms with Gasteiger partial charge in [-0.15, -0.1) is 0 Å². The van der Waals surface area contributed by atoms with E-state index in [4.69, 9.17) is 0 Å². The summed E-state index contributed by atoms with van der Waals surface area (Å²) in [5.74, 6) is 0. The van der Waals surface area contributed by atoms with Gasteiger partial charge < -0.3 is 4.57 Å². The maximum Gasteiger partial charge on any atom is 0.152 e. The zero-order chi connectivity index (χ0) is 20.4. The molecule has 144 valence electrons. The topological polar surface area (TPSA) is 22.0 Å². The number of hydrogen-bond donors (Lipinski definition) is 0. The summed E-state index contributed by atoms with van der Waals surface area (Å²) in [4.78, 5) is 12.2. The summed E-state index contributed by atoms with van der Waals surface area (Å²) in [5.41, 5.74) is 7.52. The second-order valence-corrected chi connectivity index (χ2v) is 12.3. The molecule has 2 nitrogen and oxygen atoms in total. The van der Waals surface area contributed by atoms with Gasteiger partial charge in [0.15, 0.2) is 6.29 Å². The molecule has 4 rings (SSSR count). The number of aromatic nitrogens is 1. The van der Waals surface area contributed by atoms with Gasteiger partial charge in [0.1, 0.15) is 8.07 Å². The Bertz CT molecular complexity index is 1190. The number of rotatable bonds is 5. The Morgan fingerprint density at radius 2 is 1.41 bits per heavy atom. The summed E-state index contributed by atoms with van der Waals surface area (Å²) < 4.78 is 2.16. The van der Waals surface area contributed by atoms with Crippen LogP contribution in [0.5, 0.6) is 0 Å². The van der Waals surface area contributed by atoms with Crippen molar-refractivity contribution in [1.29, 1.82) is 0 Å². The fourth-order valence-electron chi connectivity index (χ4n) is 4.09. The van der Waals surface area contributed by atoms with Crippen molar-refractivity contribution >= 4 is 36.0 Å². The van der Waals surface area contributed by atoms with Crippen molar-refractivity contribution in [2.75, 3.05) is 0 Å². The van der Waals surface area contributed by atoms with E-state index in [1.165, 1.54) is 5.19 Å². The minimum Gasteiger partial charge on any atom is -0.343 e. The van der Waals surface area contributed by atoms with Gasteiger partial charge in [-0.05, 0) is 17.2 Å². The van der Waals surface area contributed by atoms with Crippen LogP contribution in [0.4, 0.5) is 0 Å². The third-order valence-corrected chi connectivity index (χ3v) is 8.46. The molecule has 0 radical (unpaired) electrons. The molecule has 0 aliphatic heterocycles. The van der Waals surface area contributed by atoms with Gasteiger partial charge in [0, 0.05) is 23.5 Å². The SMILES string of the molecule is Cn1c(/C(=C/[Si](C)(C)c2ccccc2)c2ccccc2)c(C=O)c2ccccc21. The molecule has 0 aliphatic carbocycles. The van der Waals surface area contributed by atoms with Gasteiger partial charge in [-0.3, -0.25) is 4.79 Å². The lowest BCUT2D eigenvalue weighted by molar-refractivity contribution is 0.112. The highest BCUT2D eigenvalue weighted by atomic mass is 28.3. The van der Waals surface area contributed by atoms with Crippen molar-refractivity contribution in [1.82, 2.24) is 4.57 Å². The third kappa shape index (κ3) is 3.50. The summed E-state index contributed by atoms with van der Waals surface area (Å²) >= 11 is 0. The molecular weight excluding hydrogens is 370 g/mol. The second-order valence-electron chi connectivity index (χ2n) is 7.97. The number of nitrogens with zero attached hydrogens (tertiary/aromatic N) is 1. The van der Waals surface area contributed by atoms with Gasteiger partial charge in [0.05, 0.1) is 5.69 Å². The lowest BCUT2D eigenvalue weighted by atomic mass is 10.0. The van der Waals surface area contributed by atoms with Crippen LogP contribution in [0.25, 0.3) is 16.5 Å². The van der Waals surface area contributed by atoms with E-state index in [9.17, 15) is 4.79 Å². The Hall–Kier alpha value is -3.17. The van der Waals surface area contributed by atoms with E-state index in [-0.39, 0.29) is 0 Å². The van der Waals surface area contributed by atoms with Crippen molar-refractivity contribution in [2.45, 2.75) is 13.1 Å². The summed E-state index contributed by atoms with van der Waals surface area (Å²) in [5, 5.41) is 2.38. The van der Waals surface area contributed by atoms with Crippen LogP contribution in [0.15, 0.2) is 90.6 Å². The lowest BCUT2D eigenvalue weighted by Gasteiger charge is -2.22. The molecule has 3 heteroatoms. The Morgan fingerprint density at radius 1 is 0.828 bits per heavy atom. The van der Waals surface area contributed by atoms with Crippen LogP contribution in [0.3, 0.4) is 0 Å². The highest BCUT2D eigenvalue weighted by Crippen LogP contribution is 2.33. The number of aryl methyl sites for hydroxylation is 1. The van der Waals surface area contributed by atoms with Crippen LogP contribution >= 0.6 is 0 Å². The van der Waals surface area contributed by atoms with Crippen LogP contribution in [0, 0.1) is 0 Å². The molecule has 0 bridgehead atoms. The molecule has 0 N–H and O–H groups in total. The Labute approximate surface area is 173 Å². The minimum atomic E-state index is -1.91. The summed E-state index contributed by atoms with van der Waals surface area (Å²) in [7, 11) is 0.147. The molecule has 1 heterocycles. The number of carbonyl (C=O) groups is 1. The van der Waals surface area contributed by atoms with Crippen LogP contribution in [-0.4, -0.2) is 18.9 Å². The van der Waals surface area contributed by atoms with Crippen molar-refractivity contribution in [3.8, 4) is 0 Å². The first kappa shape index (κ1) is 19.2. The smallest absolute Gasteiger partial charge is 0.152 e. The number of aldehydes is 1. The highest BCUT2D eigenvalue weighted by Gasteiger charge is 2.25. The molecule has 0 unspecified atom stereocenters. The van der Waals surface area contributed by atoms with Crippen molar-refractivity contribution < 1.29 is 4.79 Å². The van der Waals surface area contributed by atoms with Gasteiger partial charge >= 0.3 is 0 Å². The molecular formula is C26H25NOSi. The van der Waals surface area contributed by atoms with Crippen LogP contribution in [0.2, 0.25) is 13.1 Å². The van der Waals surface area contributed by atoms with E-state index in [0.717, 1.165) is 39.6 Å². The molecule has 4 aromatic rings. The zero-order valence-corrected chi connectivity index (χ0v) is 18.1. The predicted octanol–water partition coefficient (Wildman–Crippen LogP) is 5.58. The Kier molecular flexibility index (Phi) is 5.08. The third-order valence-electron chi connectivity index (χ3n) is 5.63. The average molecular weight is 396 g/mol. The van der Waals surface area contributed by atoms with E-state index in [2.05, 4.69) is 91.1 Å². The van der Waals surface area contributed by atoms with Gasteiger partial charge in [-0.25, -0.2) is 0 Å². The molecule has 0 aliphatic rings. The maximum absolute atomic E-state index is 12.2. The molecule has 1 aromatic heterocycles. The monoisotopic (exact) mass is 395 g/mol. The average Bonchev–Trinajstić information content (AvgIpc) is 3.05. The molecule has 0 saturated heterocycles. The highest BCUT2D eigenvalue weighted by molar-refractivity contribution is 6.94. The summed E-state index contributed by atoms with van der Waals surface area (Å²) in [6, 6.07) is 29.2. The van der Waals surface area contributed by atoms with Crippen LogP contribution < -0.4 is 5.19 Å². The molecule has 0 fully saturated rings. The number of para-hydroxylation sites is 1. The van der Waals surface area contributed by atoms with E-state index in [1.54, 1.807) is 0 Å². The van der Waals surface area contributed by atoms with E-state index in [0.29, 0.717) is 0 Å². The van der Waals surface area contributed by atoms with Crippen molar-refractivity contribution in [3.63, 3.8) is 0 Å². The lowest BCUT2D eigenvalue weighted by Crippen LogP contribution is -2.39. The zero-order valence-electron chi connectivity index (χ0n) is 17.1. The molecule has 3 aromatic carbocycles. The fourth-order valence-corrected chi connectivity index (χ4v) is 6.33. The number of hydrogen-bond acceptors (Lipinski definition) is 1. The molecule has 0 atom stereocenters. The first-order valence-electron chi connectivity index (χ1n) is 9.89. The normalized spacial score (nSPS) is 12.3. The number of benzene rings is 3. The van der Waals surface area contributed by atoms with Crippen LogP contribution in [0.1, 0.15) is 21.6 Å². The van der Waals surface area contributed by atoms with Gasteiger partial charge in [-0.2, -0.15) is 0 Å². The minimum absolute atomic E-state index is 0.760. The summed E-state index contributed by atoms with van der Waals surface area (Å²) in [6.07, 6.45) is 1.01. The predicted molar refractivity (Wildman–Crippen MR) is 125 cm³/mol. The largest absolute Gasteiger partial charge is 0.343 e. The van der Waals surface area contributed by atoms with Crippen molar-refractivity contribution in [2.24, 2.45) is 7.05 Å². The van der Waals surface area contributed by atoms with E-state index >= 15 is 0 Å². The van der Waals surface area contributed by atoms with Gasteiger partial charge in [-0.1, -0.05) is 103 Å². The first-order chi connectivity index (χ1) is 14.0. The Balaban J connectivity index is 2.03. The standard InChI is InChI=1S/C26H25NOSi/c1-27-25-17-11-10-16-22(25)23(18-28)26(27)24(20-12-6-4-7-13-20)19-29(2,3)21-14-8-5-9-15-21/h4-19H,1-3H3/b24-19+. The van der Waals surface area contributed by atoms with E-state index in [1.807, 2.05) is 24.3 Å². The van der Waals surface area contributed by atoms with E-state index < -0.39 is 8.07 Å². The maximum atomic E-state index is 12.2. The first-order valence-corrected chi connectivity index (χ1v) is 13.0. The fraction of sp³-hybridized carbons (Fsp3) is 0.115. The second kappa shape index (κ2) is 7.68. The van der Waals surface area contributed by atoms with Crippen LogP contribution in [-0.2, 0) is 7.05 Å². The van der Waals surface area contributed by atoms with Crippen molar-refractivity contribution in [3.05, 3.63) is 107 Å². The number of fused-ring (bicyclic) bond motifs is 1. The van der Waals surface area contributed by atoms with Gasteiger partial charge in [0.2, 0.25) is 0 Å².